The minimum absolute atomic E-state index is 0.0937. The highest BCUT2D eigenvalue weighted by molar-refractivity contribution is 5.25. The molecule has 6 nitrogen and oxygen atoms in total. The molecule has 0 aromatic carbocycles. The highest BCUT2D eigenvalue weighted by Crippen LogP contribution is 2.23. The zero-order chi connectivity index (χ0) is 13.7. The Morgan fingerprint density at radius 3 is 2.79 bits per heavy atom. The normalized spacial score (nSPS) is 18.8. The van der Waals surface area contributed by atoms with Gasteiger partial charge in [0.1, 0.15) is 0 Å². The van der Waals surface area contributed by atoms with E-state index in [0.717, 1.165) is 38.9 Å². The first-order valence-corrected chi connectivity index (χ1v) is 7.17. The van der Waals surface area contributed by atoms with Crippen LogP contribution in [0.5, 0.6) is 0 Å². The summed E-state index contributed by atoms with van der Waals surface area (Å²) in [6, 6.07) is 0.702. The van der Waals surface area contributed by atoms with Crippen LogP contribution in [0.25, 0.3) is 0 Å². The third-order valence-electron chi connectivity index (χ3n) is 3.64. The Hall–Kier alpha value is -1.14. The van der Waals surface area contributed by atoms with E-state index < -0.39 is 0 Å². The van der Waals surface area contributed by atoms with Gasteiger partial charge in [0.25, 0.3) is 0 Å². The van der Waals surface area contributed by atoms with Crippen LogP contribution < -0.4 is 10.2 Å². The Balaban J connectivity index is 1.90. The first kappa shape index (κ1) is 14.3. The van der Waals surface area contributed by atoms with E-state index in [2.05, 4.69) is 27.3 Å². The van der Waals surface area contributed by atoms with Gasteiger partial charge in [0, 0.05) is 19.7 Å². The average Bonchev–Trinajstić information content (AvgIpc) is 2.94. The summed E-state index contributed by atoms with van der Waals surface area (Å²) in [5.74, 6) is 1.07. The number of rotatable bonds is 6. The topological polar surface area (TPSA) is 74.4 Å². The number of nitrogens with one attached hydrogen (secondary N) is 1. The maximum atomic E-state index is 9.13. The molecule has 1 fully saturated rings. The van der Waals surface area contributed by atoms with E-state index in [1.807, 2.05) is 6.92 Å². The van der Waals surface area contributed by atoms with Crippen molar-refractivity contribution in [3.05, 3.63) is 5.89 Å². The third kappa shape index (κ3) is 3.67. The lowest BCUT2D eigenvalue weighted by molar-refractivity contribution is 0.201. The summed E-state index contributed by atoms with van der Waals surface area (Å²) in [5, 5.41) is 20.7. The summed E-state index contributed by atoms with van der Waals surface area (Å²) in [7, 11) is 0. The molecular formula is C13H24N4O2. The van der Waals surface area contributed by atoms with Crippen LogP contribution >= 0.6 is 0 Å². The van der Waals surface area contributed by atoms with Crippen molar-refractivity contribution < 1.29 is 9.52 Å². The predicted octanol–water partition coefficient (Wildman–Crippen LogP) is 1.34. The number of aromatic nitrogens is 2. The number of aliphatic hydroxyl groups is 1. The lowest BCUT2D eigenvalue weighted by atomic mass is 9.98. The summed E-state index contributed by atoms with van der Waals surface area (Å²) < 4.78 is 5.73. The molecule has 1 aromatic heterocycles. The van der Waals surface area contributed by atoms with Crippen LogP contribution in [0.15, 0.2) is 4.42 Å². The van der Waals surface area contributed by atoms with Gasteiger partial charge in [-0.05, 0) is 38.6 Å². The lowest BCUT2D eigenvalue weighted by Gasteiger charge is -2.29. The molecule has 19 heavy (non-hydrogen) atoms. The van der Waals surface area contributed by atoms with E-state index in [1.54, 1.807) is 0 Å². The Labute approximate surface area is 114 Å². The van der Waals surface area contributed by atoms with Crippen LogP contribution in [0.1, 0.15) is 45.0 Å². The van der Waals surface area contributed by atoms with Crippen LogP contribution in [0.3, 0.4) is 0 Å². The van der Waals surface area contributed by atoms with Crippen molar-refractivity contribution in [1.29, 1.82) is 0 Å². The second-order valence-electron chi connectivity index (χ2n) is 5.21. The lowest BCUT2D eigenvalue weighted by Crippen LogP contribution is -2.34. The molecule has 0 aliphatic carbocycles. The van der Waals surface area contributed by atoms with E-state index in [9.17, 15) is 0 Å². The number of nitrogens with zero attached hydrogens (tertiary/aromatic N) is 3. The Morgan fingerprint density at radius 2 is 2.16 bits per heavy atom. The van der Waals surface area contributed by atoms with Gasteiger partial charge in [-0.25, -0.2) is 0 Å². The third-order valence-corrected chi connectivity index (χ3v) is 3.64. The standard InChI is InChI=1S/C13H24N4O2/c1-3-6-14-10(2)12-15-16-13(19-12)17-7-4-11(9-18)5-8-17/h10-11,14,18H,3-9H2,1-2H3. The van der Waals surface area contributed by atoms with Gasteiger partial charge in [0.15, 0.2) is 0 Å². The number of piperidine rings is 1. The number of anilines is 1. The van der Waals surface area contributed by atoms with Crippen LogP contribution in [-0.4, -0.2) is 41.5 Å². The summed E-state index contributed by atoms with van der Waals surface area (Å²) in [5.41, 5.74) is 0. The highest BCUT2D eigenvalue weighted by Gasteiger charge is 2.23. The number of hydrogen-bond donors (Lipinski definition) is 2. The Bertz CT molecular complexity index is 374. The molecule has 1 aliphatic rings. The van der Waals surface area contributed by atoms with Crippen molar-refractivity contribution >= 4 is 6.01 Å². The molecule has 2 rings (SSSR count). The van der Waals surface area contributed by atoms with Crippen molar-refractivity contribution in [2.45, 2.75) is 39.2 Å². The van der Waals surface area contributed by atoms with Gasteiger partial charge in [-0.15, -0.1) is 5.10 Å². The molecule has 6 heteroatoms. The summed E-state index contributed by atoms with van der Waals surface area (Å²) >= 11 is 0. The fraction of sp³-hybridized carbons (Fsp3) is 0.846. The van der Waals surface area contributed by atoms with Gasteiger partial charge in [-0.3, -0.25) is 0 Å². The zero-order valence-corrected chi connectivity index (χ0v) is 11.8. The van der Waals surface area contributed by atoms with E-state index in [4.69, 9.17) is 9.52 Å². The van der Waals surface area contributed by atoms with Gasteiger partial charge in [0.05, 0.1) is 6.04 Å². The molecule has 1 atom stereocenters. The van der Waals surface area contributed by atoms with Gasteiger partial charge in [0.2, 0.25) is 5.89 Å². The molecule has 0 bridgehead atoms. The Morgan fingerprint density at radius 1 is 1.42 bits per heavy atom. The molecule has 2 heterocycles. The fourth-order valence-corrected chi connectivity index (χ4v) is 2.28. The van der Waals surface area contributed by atoms with E-state index in [-0.39, 0.29) is 12.6 Å². The van der Waals surface area contributed by atoms with E-state index >= 15 is 0 Å². The maximum Gasteiger partial charge on any atom is 0.318 e. The zero-order valence-electron chi connectivity index (χ0n) is 11.8. The van der Waals surface area contributed by atoms with Gasteiger partial charge in [-0.2, -0.15) is 0 Å². The van der Waals surface area contributed by atoms with Gasteiger partial charge >= 0.3 is 6.01 Å². The van der Waals surface area contributed by atoms with Crippen molar-refractivity contribution in [3.8, 4) is 0 Å². The smallest absolute Gasteiger partial charge is 0.318 e. The molecule has 0 radical (unpaired) electrons. The predicted molar refractivity (Wildman–Crippen MR) is 73.0 cm³/mol. The highest BCUT2D eigenvalue weighted by atomic mass is 16.4. The first-order valence-electron chi connectivity index (χ1n) is 7.17. The molecule has 1 unspecified atom stereocenters. The quantitative estimate of drug-likeness (QED) is 0.811. The van der Waals surface area contributed by atoms with Crippen molar-refractivity contribution in [1.82, 2.24) is 15.5 Å². The molecule has 108 valence electrons. The monoisotopic (exact) mass is 268 g/mol. The first-order chi connectivity index (χ1) is 9.24. The average molecular weight is 268 g/mol. The molecule has 0 amide bonds. The Kier molecular flexibility index (Phi) is 5.15. The molecule has 2 N–H and O–H groups in total. The van der Waals surface area contributed by atoms with E-state index in [1.165, 1.54) is 0 Å². The molecule has 0 saturated carbocycles. The molecule has 1 aromatic rings. The minimum Gasteiger partial charge on any atom is -0.406 e. The molecular weight excluding hydrogens is 244 g/mol. The SMILES string of the molecule is CCCNC(C)c1nnc(N2CCC(CO)CC2)o1. The maximum absolute atomic E-state index is 9.13. The second kappa shape index (κ2) is 6.86. The van der Waals surface area contributed by atoms with Crippen LogP contribution in [0.4, 0.5) is 6.01 Å². The van der Waals surface area contributed by atoms with Crippen molar-refractivity contribution in [2.24, 2.45) is 5.92 Å². The molecule has 1 aliphatic heterocycles. The van der Waals surface area contributed by atoms with Gasteiger partial charge < -0.3 is 19.7 Å². The summed E-state index contributed by atoms with van der Waals surface area (Å²) in [6.07, 6.45) is 3.05. The van der Waals surface area contributed by atoms with Crippen LogP contribution in [0, 0.1) is 5.92 Å². The molecule has 1 saturated heterocycles. The number of hydrogen-bond acceptors (Lipinski definition) is 6. The number of aliphatic hydroxyl groups excluding tert-OH is 1. The van der Waals surface area contributed by atoms with Gasteiger partial charge in [-0.1, -0.05) is 12.0 Å². The van der Waals surface area contributed by atoms with Crippen molar-refractivity contribution in [2.75, 3.05) is 31.1 Å². The molecule has 0 spiro atoms. The van der Waals surface area contributed by atoms with Crippen LogP contribution in [0.2, 0.25) is 0 Å². The summed E-state index contributed by atoms with van der Waals surface area (Å²) in [4.78, 5) is 2.11. The fourth-order valence-electron chi connectivity index (χ4n) is 2.28. The van der Waals surface area contributed by atoms with Crippen molar-refractivity contribution in [3.63, 3.8) is 0 Å². The van der Waals surface area contributed by atoms with Crippen LogP contribution in [-0.2, 0) is 0 Å². The largest absolute Gasteiger partial charge is 0.406 e. The summed E-state index contributed by atoms with van der Waals surface area (Å²) in [6.45, 7) is 7.14. The minimum atomic E-state index is 0.0937. The van der Waals surface area contributed by atoms with E-state index in [0.29, 0.717) is 17.8 Å². The second-order valence-corrected chi connectivity index (χ2v) is 5.21.